The van der Waals surface area contributed by atoms with Crippen molar-refractivity contribution in [1.29, 1.82) is 0 Å². The van der Waals surface area contributed by atoms with Crippen LogP contribution in [0.2, 0.25) is 5.22 Å². The molecule has 0 saturated carbocycles. The Morgan fingerprint density at radius 2 is 2.22 bits per heavy atom. The summed E-state index contributed by atoms with van der Waals surface area (Å²) in [4.78, 5) is 35.2. The summed E-state index contributed by atoms with van der Waals surface area (Å²) >= 11 is 5.54. The standard InChI is InChI=1S/C10H9ClN2O5/c11-7-2-1-6(18-7)9(15)13-4-8(14)12-3-5(13)10(16)17/h1-2,5H,3-4H2,(H,12,14)(H,16,17). The van der Waals surface area contributed by atoms with Crippen molar-refractivity contribution >= 4 is 29.4 Å². The molecule has 1 aromatic rings. The Kier molecular flexibility index (Phi) is 3.24. The molecule has 1 aliphatic rings. The Hall–Kier alpha value is -2.02. The van der Waals surface area contributed by atoms with Crippen LogP contribution >= 0.6 is 11.6 Å². The molecule has 2 N–H and O–H groups in total. The van der Waals surface area contributed by atoms with Gasteiger partial charge in [-0.05, 0) is 23.7 Å². The molecular formula is C10H9ClN2O5. The van der Waals surface area contributed by atoms with Crippen LogP contribution in [0.25, 0.3) is 0 Å². The van der Waals surface area contributed by atoms with Crippen LogP contribution in [-0.2, 0) is 9.59 Å². The molecule has 1 saturated heterocycles. The maximum absolute atomic E-state index is 12.0. The van der Waals surface area contributed by atoms with E-state index in [0.29, 0.717) is 0 Å². The molecule has 18 heavy (non-hydrogen) atoms. The highest BCUT2D eigenvalue weighted by Gasteiger charge is 2.36. The zero-order valence-electron chi connectivity index (χ0n) is 9.05. The van der Waals surface area contributed by atoms with Crippen LogP contribution < -0.4 is 5.32 Å². The van der Waals surface area contributed by atoms with Gasteiger partial charge in [0.25, 0.3) is 5.91 Å². The molecule has 1 unspecified atom stereocenters. The first-order valence-electron chi connectivity index (χ1n) is 5.05. The molecule has 0 aromatic carbocycles. The fourth-order valence-corrected chi connectivity index (χ4v) is 1.79. The number of amides is 2. The number of nitrogens with zero attached hydrogens (tertiary/aromatic N) is 1. The van der Waals surface area contributed by atoms with Crippen molar-refractivity contribution < 1.29 is 23.9 Å². The highest BCUT2D eigenvalue weighted by atomic mass is 35.5. The van der Waals surface area contributed by atoms with Gasteiger partial charge in [-0.15, -0.1) is 0 Å². The number of carbonyl (C=O) groups excluding carboxylic acids is 2. The first-order chi connectivity index (χ1) is 8.49. The molecule has 0 aliphatic carbocycles. The zero-order chi connectivity index (χ0) is 13.3. The third-order valence-corrected chi connectivity index (χ3v) is 2.72. The number of halogens is 1. The van der Waals surface area contributed by atoms with E-state index in [0.717, 1.165) is 4.90 Å². The van der Waals surface area contributed by atoms with Gasteiger partial charge in [-0.2, -0.15) is 0 Å². The summed E-state index contributed by atoms with van der Waals surface area (Å²) in [5.41, 5.74) is 0. The summed E-state index contributed by atoms with van der Waals surface area (Å²) in [5.74, 6) is -2.38. The molecule has 0 bridgehead atoms. The van der Waals surface area contributed by atoms with Gasteiger partial charge >= 0.3 is 5.97 Å². The Balaban J connectivity index is 2.25. The Labute approximate surface area is 106 Å². The fourth-order valence-electron chi connectivity index (χ4n) is 1.65. The van der Waals surface area contributed by atoms with E-state index in [-0.39, 0.29) is 24.1 Å². The van der Waals surface area contributed by atoms with Crippen molar-refractivity contribution in [3.63, 3.8) is 0 Å². The van der Waals surface area contributed by atoms with Crippen molar-refractivity contribution in [3.8, 4) is 0 Å². The summed E-state index contributed by atoms with van der Waals surface area (Å²) < 4.78 is 4.91. The summed E-state index contributed by atoms with van der Waals surface area (Å²) in [6.45, 7) is -0.456. The molecule has 0 spiro atoms. The third-order valence-electron chi connectivity index (χ3n) is 2.51. The Morgan fingerprint density at radius 3 is 2.78 bits per heavy atom. The molecule has 2 amide bonds. The van der Waals surface area contributed by atoms with Crippen LogP contribution in [0.4, 0.5) is 0 Å². The molecule has 2 heterocycles. The molecule has 1 atom stereocenters. The number of aliphatic carboxylic acids is 1. The maximum atomic E-state index is 12.0. The van der Waals surface area contributed by atoms with Gasteiger partial charge < -0.3 is 19.7 Å². The summed E-state index contributed by atoms with van der Waals surface area (Å²) in [7, 11) is 0. The van der Waals surface area contributed by atoms with Crippen molar-refractivity contribution in [3.05, 3.63) is 23.1 Å². The summed E-state index contributed by atoms with van der Waals surface area (Å²) in [5, 5.41) is 11.4. The maximum Gasteiger partial charge on any atom is 0.328 e. The lowest BCUT2D eigenvalue weighted by atomic mass is 10.1. The normalized spacial score (nSPS) is 19.5. The summed E-state index contributed by atoms with van der Waals surface area (Å²) in [6.07, 6.45) is 0. The minimum absolute atomic E-state index is 0.0201. The molecular weight excluding hydrogens is 264 g/mol. The minimum Gasteiger partial charge on any atom is -0.480 e. The predicted octanol–water partition coefficient (Wildman–Crippen LogP) is -0.0418. The van der Waals surface area contributed by atoms with Crippen LogP contribution in [0.3, 0.4) is 0 Å². The number of carbonyl (C=O) groups is 3. The third kappa shape index (κ3) is 2.30. The number of carboxylic acids is 1. The topological polar surface area (TPSA) is 99.9 Å². The van der Waals surface area contributed by atoms with E-state index in [2.05, 4.69) is 5.32 Å². The average Bonchev–Trinajstić information content (AvgIpc) is 2.74. The highest BCUT2D eigenvalue weighted by Crippen LogP contribution is 2.17. The molecule has 2 rings (SSSR count). The number of rotatable bonds is 2. The molecule has 1 aromatic heterocycles. The van der Waals surface area contributed by atoms with Gasteiger partial charge in [0, 0.05) is 6.54 Å². The van der Waals surface area contributed by atoms with E-state index >= 15 is 0 Å². The van der Waals surface area contributed by atoms with E-state index < -0.39 is 23.8 Å². The Bertz CT molecular complexity index is 512. The molecule has 1 fully saturated rings. The zero-order valence-corrected chi connectivity index (χ0v) is 9.81. The van der Waals surface area contributed by atoms with Crippen LogP contribution in [0.5, 0.6) is 0 Å². The Morgan fingerprint density at radius 1 is 1.50 bits per heavy atom. The quantitative estimate of drug-likeness (QED) is 0.787. The molecule has 96 valence electrons. The summed E-state index contributed by atoms with van der Waals surface area (Å²) in [6, 6.07) is 1.59. The van der Waals surface area contributed by atoms with Gasteiger partial charge in [0.2, 0.25) is 5.91 Å². The van der Waals surface area contributed by atoms with E-state index in [1.54, 1.807) is 0 Å². The van der Waals surface area contributed by atoms with Crippen molar-refractivity contribution in [2.45, 2.75) is 6.04 Å². The lowest BCUT2D eigenvalue weighted by Gasteiger charge is -2.31. The van der Waals surface area contributed by atoms with Gasteiger partial charge in [-0.25, -0.2) is 4.79 Å². The predicted molar refractivity (Wildman–Crippen MR) is 59.2 cm³/mol. The second-order valence-electron chi connectivity index (χ2n) is 3.69. The van der Waals surface area contributed by atoms with E-state index in [9.17, 15) is 14.4 Å². The van der Waals surface area contributed by atoms with Crippen LogP contribution in [-0.4, -0.2) is 46.9 Å². The number of hydrogen-bond acceptors (Lipinski definition) is 4. The van der Waals surface area contributed by atoms with Gasteiger partial charge in [-0.3, -0.25) is 9.59 Å². The second-order valence-corrected chi connectivity index (χ2v) is 4.07. The first-order valence-corrected chi connectivity index (χ1v) is 5.42. The smallest absolute Gasteiger partial charge is 0.328 e. The number of carboxylic acid groups (broad SMARTS) is 1. The molecule has 8 heteroatoms. The van der Waals surface area contributed by atoms with Gasteiger partial charge in [0.15, 0.2) is 11.0 Å². The van der Waals surface area contributed by atoms with Gasteiger partial charge in [0.1, 0.15) is 12.6 Å². The lowest BCUT2D eigenvalue weighted by Crippen LogP contribution is -2.59. The minimum atomic E-state index is -1.19. The van der Waals surface area contributed by atoms with Gasteiger partial charge in [-0.1, -0.05) is 0 Å². The molecule has 7 nitrogen and oxygen atoms in total. The van der Waals surface area contributed by atoms with Crippen LogP contribution in [0.1, 0.15) is 10.6 Å². The molecule has 0 radical (unpaired) electrons. The number of furan rings is 1. The van der Waals surface area contributed by atoms with Crippen LogP contribution in [0.15, 0.2) is 16.5 Å². The highest BCUT2D eigenvalue weighted by molar-refractivity contribution is 6.29. The fraction of sp³-hybridized carbons (Fsp3) is 0.300. The average molecular weight is 273 g/mol. The number of piperazine rings is 1. The number of nitrogens with one attached hydrogen (secondary N) is 1. The van der Waals surface area contributed by atoms with E-state index in [4.69, 9.17) is 21.1 Å². The second kappa shape index (κ2) is 4.69. The van der Waals surface area contributed by atoms with Crippen molar-refractivity contribution in [2.75, 3.05) is 13.1 Å². The van der Waals surface area contributed by atoms with Crippen LogP contribution in [0, 0.1) is 0 Å². The van der Waals surface area contributed by atoms with Gasteiger partial charge in [0.05, 0.1) is 0 Å². The largest absolute Gasteiger partial charge is 0.480 e. The SMILES string of the molecule is O=C1CN(C(=O)c2ccc(Cl)o2)C(C(=O)O)CN1. The monoisotopic (exact) mass is 272 g/mol. The first kappa shape index (κ1) is 12.4. The van der Waals surface area contributed by atoms with Crippen molar-refractivity contribution in [2.24, 2.45) is 0 Å². The van der Waals surface area contributed by atoms with Crippen molar-refractivity contribution in [1.82, 2.24) is 10.2 Å². The number of hydrogen-bond donors (Lipinski definition) is 2. The van der Waals surface area contributed by atoms with E-state index in [1.807, 2.05) is 0 Å². The molecule has 1 aliphatic heterocycles. The van der Waals surface area contributed by atoms with E-state index in [1.165, 1.54) is 12.1 Å². The lowest BCUT2D eigenvalue weighted by molar-refractivity contribution is -0.144.